The molecule has 0 amide bonds. The first-order valence-corrected chi connectivity index (χ1v) is 1.95. The van der Waals surface area contributed by atoms with Crippen LogP contribution in [0.15, 0.2) is 0 Å². The minimum absolute atomic E-state index is 0. The molecule has 2 N–H and O–H groups in total. The van der Waals surface area contributed by atoms with E-state index in [0.29, 0.717) is 0 Å². The van der Waals surface area contributed by atoms with Gasteiger partial charge in [-0.15, -0.1) is 0 Å². The second kappa shape index (κ2) is 15.8. The molecule has 0 aliphatic rings. The van der Waals surface area contributed by atoms with Crippen LogP contribution in [0.2, 0.25) is 0 Å². The van der Waals surface area contributed by atoms with Crippen molar-refractivity contribution in [2.45, 2.75) is 0 Å². The fourth-order valence-electron chi connectivity index (χ4n) is 0. The molecule has 0 unspecified atom stereocenters. The van der Waals surface area contributed by atoms with Crippen LogP contribution in [0.25, 0.3) is 0 Å². The number of rotatable bonds is 0. The maximum Gasteiger partial charge on any atom is 2.00 e. The van der Waals surface area contributed by atoms with Crippen molar-refractivity contribution in [3.63, 3.8) is 0 Å². The number of hydrogen-bond donors (Lipinski definition) is 2. The Hall–Kier alpha value is 2.41. The Labute approximate surface area is 110 Å². The molecule has 7 heteroatoms. The van der Waals surface area contributed by atoms with E-state index >= 15 is 0 Å². The van der Waals surface area contributed by atoms with E-state index in [0.717, 1.165) is 0 Å². The van der Waals surface area contributed by atoms with Crippen LogP contribution >= 0.6 is 0 Å². The molecule has 36 valence electrons. The molecule has 0 saturated heterocycles. The van der Waals surface area contributed by atoms with Gasteiger partial charge in [0.1, 0.15) is 0 Å². The van der Waals surface area contributed by atoms with Crippen molar-refractivity contribution >= 4 is 64.3 Å². The second-order valence-corrected chi connectivity index (χ2v) is 0.848. The molecular formula is H8AlCaNaO3Si. The minimum Gasteiger partial charge on any atom is -1.00 e. The average Bonchev–Trinajstić information content (AvgIpc) is 0.811. The molecule has 0 aliphatic carbocycles. The summed E-state index contributed by atoms with van der Waals surface area (Å²) in [6, 6.07) is 0. The van der Waals surface area contributed by atoms with E-state index in [1.807, 2.05) is 0 Å². The molecule has 0 rings (SSSR count). The zero-order valence-electron chi connectivity index (χ0n) is 6.51. The molecule has 0 atom stereocenters. The van der Waals surface area contributed by atoms with Crippen molar-refractivity contribution in [3.05, 3.63) is 0 Å². The van der Waals surface area contributed by atoms with Gasteiger partial charge >= 0.3 is 76.5 Å². The van der Waals surface area contributed by atoms with Gasteiger partial charge in [0, 0.05) is 0 Å². The standard InChI is InChI=1S/Al.Ca.Na.H2O3Si.6H/c;;;1-4(2)3;;;;;;/h;;;1-2H;;;;;;/q;+2;+1;;;;;3*-1. The van der Waals surface area contributed by atoms with E-state index in [9.17, 15) is 0 Å². The van der Waals surface area contributed by atoms with Crippen molar-refractivity contribution < 1.29 is 47.9 Å². The zero-order valence-corrected chi connectivity index (χ0v) is 8.72. The molecule has 0 aromatic carbocycles. The molecule has 0 aromatic heterocycles. The maximum absolute atomic E-state index is 8.74. The van der Waals surface area contributed by atoms with Crippen LogP contribution in [0.5, 0.6) is 0 Å². The van der Waals surface area contributed by atoms with Gasteiger partial charge in [0.2, 0.25) is 0 Å². The first kappa shape index (κ1) is 22.7. The summed E-state index contributed by atoms with van der Waals surface area (Å²) in [6.07, 6.45) is 0. The normalized spacial score (nSPS) is 3.43. The Balaban J connectivity index is -0.00000000300. The van der Waals surface area contributed by atoms with E-state index in [-0.39, 0.29) is 88.9 Å². The molecule has 0 spiro atoms. The fourth-order valence-corrected chi connectivity index (χ4v) is 0. The van der Waals surface area contributed by atoms with Gasteiger partial charge in [-0.2, -0.15) is 0 Å². The molecule has 0 bridgehead atoms. The van der Waals surface area contributed by atoms with Gasteiger partial charge in [0.25, 0.3) is 0 Å². The summed E-state index contributed by atoms with van der Waals surface area (Å²) in [5.41, 5.74) is 0. The predicted molar refractivity (Wildman–Crippen MR) is 29.9 cm³/mol. The molecule has 0 aliphatic heterocycles. The van der Waals surface area contributed by atoms with Crippen LogP contribution in [-0.2, 0) is 4.46 Å². The smallest absolute Gasteiger partial charge is 1.00 e. The molecule has 0 aromatic rings. The van der Waals surface area contributed by atoms with Crippen molar-refractivity contribution in [1.82, 2.24) is 0 Å². The van der Waals surface area contributed by atoms with E-state index in [1.165, 1.54) is 0 Å². The topological polar surface area (TPSA) is 57.5 Å². The maximum atomic E-state index is 8.74. The third-order valence-corrected chi connectivity index (χ3v) is 0. The van der Waals surface area contributed by atoms with Gasteiger partial charge in [-0.3, -0.25) is 4.46 Å². The van der Waals surface area contributed by atoms with Crippen molar-refractivity contribution in [3.8, 4) is 0 Å². The molecule has 7 heavy (non-hydrogen) atoms. The quantitative estimate of drug-likeness (QED) is 0.360. The van der Waals surface area contributed by atoms with Gasteiger partial charge in [-0.05, 0) is 0 Å². The van der Waals surface area contributed by atoms with Crippen molar-refractivity contribution in [2.24, 2.45) is 0 Å². The zero-order chi connectivity index (χ0) is 3.58. The van der Waals surface area contributed by atoms with Crippen molar-refractivity contribution in [2.75, 3.05) is 0 Å². The van der Waals surface area contributed by atoms with Crippen LogP contribution in [0.3, 0.4) is 0 Å². The van der Waals surface area contributed by atoms with Crippen LogP contribution < -0.4 is 29.6 Å². The first-order valence-electron chi connectivity index (χ1n) is 0.651. The van der Waals surface area contributed by atoms with Crippen LogP contribution in [-0.4, -0.2) is 73.9 Å². The summed E-state index contributed by atoms with van der Waals surface area (Å²) >= 11 is 0. The van der Waals surface area contributed by atoms with E-state index < -0.39 is 9.17 Å². The fraction of sp³-hybridized carbons (Fsp3) is 0. The third-order valence-electron chi connectivity index (χ3n) is 0. The predicted octanol–water partition coefficient (Wildman–Crippen LogP) is -5.84. The van der Waals surface area contributed by atoms with Gasteiger partial charge in [-0.1, -0.05) is 0 Å². The number of hydrogen-bond acceptors (Lipinski definition) is 1. The summed E-state index contributed by atoms with van der Waals surface area (Å²) in [6.45, 7) is 0. The van der Waals surface area contributed by atoms with Crippen LogP contribution in [0, 0.1) is 0 Å². The molecular weight excluding hydrogens is 166 g/mol. The summed E-state index contributed by atoms with van der Waals surface area (Å²) < 4.78 is 8.74. The molecule has 3 nitrogen and oxygen atoms in total. The average molecular weight is 174 g/mol. The largest absolute Gasteiger partial charge is 2.00 e. The van der Waals surface area contributed by atoms with Crippen molar-refractivity contribution in [1.29, 1.82) is 0 Å². The molecule has 0 saturated carbocycles. The van der Waals surface area contributed by atoms with Gasteiger partial charge < -0.3 is 13.9 Å². The summed E-state index contributed by atoms with van der Waals surface area (Å²) in [5, 5.41) is 0. The van der Waals surface area contributed by atoms with Gasteiger partial charge in [0.15, 0.2) is 17.4 Å². The summed E-state index contributed by atoms with van der Waals surface area (Å²) in [7, 11) is -3.13. The minimum atomic E-state index is -3.13. The molecule has 0 radical (unpaired) electrons. The van der Waals surface area contributed by atoms with Gasteiger partial charge in [-0.25, -0.2) is 0 Å². The molecule has 0 heterocycles. The van der Waals surface area contributed by atoms with Gasteiger partial charge in [0.05, 0.1) is 0 Å². The van der Waals surface area contributed by atoms with E-state index in [2.05, 4.69) is 0 Å². The Kier molecular flexibility index (Phi) is 51.3. The van der Waals surface area contributed by atoms with E-state index in [4.69, 9.17) is 14.1 Å². The Morgan fingerprint density at radius 3 is 1.43 bits per heavy atom. The Morgan fingerprint density at radius 1 is 1.43 bits per heavy atom. The second-order valence-electron chi connectivity index (χ2n) is 0.283. The van der Waals surface area contributed by atoms with Crippen LogP contribution in [0.1, 0.15) is 4.28 Å². The summed E-state index contributed by atoms with van der Waals surface area (Å²) in [4.78, 5) is 14.3. The first-order chi connectivity index (χ1) is 1.73. The Bertz CT molecular complexity index is 46.7. The van der Waals surface area contributed by atoms with Crippen LogP contribution in [0.4, 0.5) is 0 Å². The summed E-state index contributed by atoms with van der Waals surface area (Å²) in [5.74, 6) is 0. The monoisotopic (exact) mass is 174 g/mol. The van der Waals surface area contributed by atoms with E-state index in [1.54, 1.807) is 0 Å². The Morgan fingerprint density at radius 2 is 1.43 bits per heavy atom. The molecule has 0 fully saturated rings. The third kappa shape index (κ3) is 59.5. The SMILES string of the molecule is O=[Si](O)O.[AlH3].[Ca+2].[H-].[H-].[H-].[Na+].